The van der Waals surface area contributed by atoms with Gasteiger partial charge in [-0.25, -0.2) is 4.79 Å². The van der Waals surface area contributed by atoms with Crippen molar-refractivity contribution in [1.29, 1.82) is 0 Å². The van der Waals surface area contributed by atoms with Gasteiger partial charge in [0.05, 0.1) is 0 Å². The molecule has 5 nitrogen and oxygen atoms in total. The van der Waals surface area contributed by atoms with Crippen LogP contribution in [0.1, 0.15) is 13.3 Å². The number of likely N-dealkylation sites (tertiary alicyclic amines) is 1. The third-order valence-electron chi connectivity index (χ3n) is 2.70. The van der Waals surface area contributed by atoms with E-state index < -0.39 is 11.6 Å². The van der Waals surface area contributed by atoms with E-state index >= 15 is 0 Å². The van der Waals surface area contributed by atoms with Crippen LogP contribution in [0.4, 0.5) is 0 Å². The number of carboxylic acid groups (broad SMARTS) is 1. The lowest BCUT2D eigenvalue weighted by Crippen LogP contribution is -2.46. The summed E-state index contributed by atoms with van der Waals surface area (Å²) in [5, 5.41) is 18.3. The number of aliphatic carboxylic acids is 1. The molecule has 0 bridgehead atoms. The first kappa shape index (κ1) is 11.4. The standard InChI is InChI=1S/C9H18N2O3/c1-9(14,8(12)13)6-11-3-2-7(4-10)5-11/h7,14H,2-6,10H2,1H3,(H,12,13). The molecule has 0 aromatic heterocycles. The zero-order valence-corrected chi connectivity index (χ0v) is 8.44. The molecule has 2 atom stereocenters. The van der Waals surface area contributed by atoms with Crippen LogP contribution in [0.25, 0.3) is 0 Å². The Morgan fingerprint density at radius 2 is 2.36 bits per heavy atom. The summed E-state index contributed by atoms with van der Waals surface area (Å²) >= 11 is 0. The maximum atomic E-state index is 10.7. The Hall–Kier alpha value is -0.650. The van der Waals surface area contributed by atoms with E-state index in [0.29, 0.717) is 12.5 Å². The highest BCUT2D eigenvalue weighted by atomic mass is 16.4. The predicted molar refractivity (Wildman–Crippen MR) is 51.9 cm³/mol. The van der Waals surface area contributed by atoms with Gasteiger partial charge in [0.25, 0.3) is 0 Å². The van der Waals surface area contributed by atoms with E-state index in [1.807, 2.05) is 4.90 Å². The first-order chi connectivity index (χ1) is 6.45. The minimum absolute atomic E-state index is 0.179. The number of β-amino-alcohol motifs (C(OH)–C–C–N with tert-alkyl or cyclic N) is 1. The first-order valence-corrected chi connectivity index (χ1v) is 4.84. The summed E-state index contributed by atoms with van der Waals surface area (Å²) in [4.78, 5) is 12.6. The molecule has 14 heavy (non-hydrogen) atoms. The van der Waals surface area contributed by atoms with Gasteiger partial charge in [0.2, 0.25) is 0 Å². The van der Waals surface area contributed by atoms with Crippen molar-refractivity contribution in [1.82, 2.24) is 4.90 Å². The molecule has 5 heteroatoms. The fourth-order valence-corrected chi connectivity index (χ4v) is 1.75. The minimum Gasteiger partial charge on any atom is -0.479 e. The van der Waals surface area contributed by atoms with Crippen LogP contribution < -0.4 is 5.73 Å². The van der Waals surface area contributed by atoms with Crippen LogP contribution in [0.15, 0.2) is 0 Å². The molecule has 4 N–H and O–H groups in total. The van der Waals surface area contributed by atoms with Crippen molar-refractivity contribution in [2.75, 3.05) is 26.2 Å². The number of hydrogen-bond donors (Lipinski definition) is 3. The molecule has 1 fully saturated rings. The average Bonchev–Trinajstić information content (AvgIpc) is 2.51. The van der Waals surface area contributed by atoms with Crippen LogP contribution in [0, 0.1) is 5.92 Å². The molecule has 1 saturated heterocycles. The number of nitrogens with zero attached hydrogens (tertiary/aromatic N) is 1. The fourth-order valence-electron chi connectivity index (χ4n) is 1.75. The molecular formula is C9H18N2O3. The topological polar surface area (TPSA) is 86.8 Å². The number of nitrogens with two attached hydrogens (primary N) is 1. The zero-order chi connectivity index (χ0) is 10.8. The molecule has 0 radical (unpaired) electrons. The van der Waals surface area contributed by atoms with E-state index in [-0.39, 0.29) is 6.54 Å². The van der Waals surface area contributed by atoms with E-state index in [1.165, 1.54) is 6.92 Å². The number of carbonyl (C=O) groups is 1. The smallest absolute Gasteiger partial charge is 0.336 e. The molecule has 1 rings (SSSR count). The summed E-state index contributed by atoms with van der Waals surface area (Å²) in [6.07, 6.45) is 0.992. The third kappa shape index (κ3) is 2.67. The first-order valence-electron chi connectivity index (χ1n) is 4.84. The molecule has 0 saturated carbocycles. The van der Waals surface area contributed by atoms with Gasteiger partial charge in [0.15, 0.2) is 5.60 Å². The van der Waals surface area contributed by atoms with Gasteiger partial charge in [-0.1, -0.05) is 0 Å². The van der Waals surface area contributed by atoms with E-state index in [9.17, 15) is 9.90 Å². The molecule has 0 aliphatic carbocycles. The minimum atomic E-state index is -1.65. The molecule has 1 aliphatic heterocycles. The van der Waals surface area contributed by atoms with Crippen molar-refractivity contribution >= 4 is 5.97 Å². The van der Waals surface area contributed by atoms with E-state index in [4.69, 9.17) is 10.8 Å². The Labute approximate surface area is 83.5 Å². The lowest BCUT2D eigenvalue weighted by molar-refractivity contribution is -0.158. The van der Waals surface area contributed by atoms with Crippen molar-refractivity contribution in [2.24, 2.45) is 11.7 Å². The lowest BCUT2D eigenvalue weighted by atomic mass is 10.1. The van der Waals surface area contributed by atoms with Crippen molar-refractivity contribution in [3.63, 3.8) is 0 Å². The quantitative estimate of drug-likeness (QED) is 0.550. The van der Waals surface area contributed by atoms with Crippen LogP contribution in [-0.4, -0.2) is 52.9 Å². The van der Waals surface area contributed by atoms with Gasteiger partial charge in [0.1, 0.15) is 0 Å². The summed E-state index contributed by atoms with van der Waals surface area (Å²) in [5.74, 6) is -0.728. The van der Waals surface area contributed by atoms with Crippen molar-refractivity contribution in [3.05, 3.63) is 0 Å². The summed E-state index contributed by atoms with van der Waals surface area (Å²) in [6.45, 7) is 3.75. The van der Waals surface area contributed by atoms with Gasteiger partial charge < -0.3 is 15.9 Å². The summed E-state index contributed by atoms with van der Waals surface area (Å²) in [5.41, 5.74) is 3.86. The highest BCUT2D eigenvalue weighted by Gasteiger charge is 2.34. The lowest BCUT2D eigenvalue weighted by Gasteiger charge is -2.24. The molecule has 82 valence electrons. The molecule has 0 spiro atoms. The Morgan fingerprint density at radius 3 is 2.79 bits per heavy atom. The highest BCUT2D eigenvalue weighted by Crippen LogP contribution is 2.17. The second kappa shape index (κ2) is 4.25. The number of aliphatic hydroxyl groups is 1. The van der Waals surface area contributed by atoms with Crippen molar-refractivity contribution in [2.45, 2.75) is 18.9 Å². The molecule has 0 aromatic rings. The number of carboxylic acids is 1. The summed E-state index contributed by atoms with van der Waals surface area (Å²) < 4.78 is 0. The number of rotatable bonds is 4. The zero-order valence-electron chi connectivity index (χ0n) is 8.44. The SMILES string of the molecule is CC(O)(CN1CCC(CN)C1)C(=O)O. The fraction of sp³-hybridized carbons (Fsp3) is 0.889. The van der Waals surface area contributed by atoms with Gasteiger partial charge in [-0.05, 0) is 32.4 Å². The second-order valence-electron chi connectivity index (χ2n) is 4.20. The third-order valence-corrected chi connectivity index (χ3v) is 2.70. The monoisotopic (exact) mass is 202 g/mol. The maximum Gasteiger partial charge on any atom is 0.336 e. The largest absolute Gasteiger partial charge is 0.479 e. The van der Waals surface area contributed by atoms with Gasteiger partial charge in [-0.3, -0.25) is 4.90 Å². The van der Waals surface area contributed by atoms with Crippen molar-refractivity contribution in [3.8, 4) is 0 Å². The maximum absolute atomic E-state index is 10.7. The normalized spacial score (nSPS) is 27.5. The average molecular weight is 202 g/mol. The Bertz CT molecular complexity index is 218. The summed E-state index contributed by atoms with van der Waals surface area (Å²) in [7, 11) is 0. The Balaban J connectivity index is 2.42. The Kier molecular flexibility index (Phi) is 3.47. The van der Waals surface area contributed by atoms with E-state index in [2.05, 4.69) is 0 Å². The van der Waals surface area contributed by atoms with E-state index in [1.54, 1.807) is 0 Å². The molecule has 2 unspecified atom stereocenters. The van der Waals surface area contributed by atoms with Crippen LogP contribution in [0.2, 0.25) is 0 Å². The van der Waals surface area contributed by atoms with Crippen LogP contribution in [-0.2, 0) is 4.79 Å². The van der Waals surface area contributed by atoms with Crippen LogP contribution >= 0.6 is 0 Å². The van der Waals surface area contributed by atoms with Gasteiger partial charge in [-0.2, -0.15) is 0 Å². The highest BCUT2D eigenvalue weighted by molar-refractivity contribution is 5.76. The number of hydrogen-bond acceptors (Lipinski definition) is 4. The predicted octanol–water partition coefficient (Wildman–Crippen LogP) is -0.897. The van der Waals surface area contributed by atoms with Crippen LogP contribution in [0.5, 0.6) is 0 Å². The molecule has 0 aromatic carbocycles. The van der Waals surface area contributed by atoms with Gasteiger partial charge in [0, 0.05) is 13.1 Å². The van der Waals surface area contributed by atoms with E-state index in [0.717, 1.165) is 19.5 Å². The summed E-state index contributed by atoms with van der Waals surface area (Å²) in [6, 6.07) is 0. The molecular weight excluding hydrogens is 184 g/mol. The Morgan fingerprint density at radius 1 is 1.71 bits per heavy atom. The molecule has 1 aliphatic rings. The van der Waals surface area contributed by atoms with Crippen LogP contribution in [0.3, 0.4) is 0 Å². The molecule has 0 amide bonds. The molecule has 1 heterocycles. The van der Waals surface area contributed by atoms with Crippen molar-refractivity contribution < 1.29 is 15.0 Å². The second-order valence-corrected chi connectivity index (χ2v) is 4.20. The van der Waals surface area contributed by atoms with Gasteiger partial charge in [-0.15, -0.1) is 0 Å². The van der Waals surface area contributed by atoms with Gasteiger partial charge >= 0.3 is 5.97 Å².